The molecule has 1 aliphatic rings. The highest BCUT2D eigenvalue weighted by molar-refractivity contribution is 5.84. The third kappa shape index (κ3) is 2.98. The summed E-state index contributed by atoms with van der Waals surface area (Å²) in [5.74, 6) is 0.448. The molecule has 0 aromatic heterocycles. The fraction of sp³-hybridized carbons (Fsp3) is 0.533. The van der Waals surface area contributed by atoms with E-state index in [0.717, 1.165) is 19.3 Å². The zero-order chi connectivity index (χ0) is 13.0. The predicted molar refractivity (Wildman–Crippen MR) is 71.6 cm³/mol. The highest BCUT2D eigenvalue weighted by atomic mass is 16.5. The number of hydrogen-bond donors (Lipinski definition) is 1. The van der Waals surface area contributed by atoms with Crippen molar-refractivity contribution in [1.82, 2.24) is 0 Å². The Morgan fingerprint density at radius 3 is 3.06 bits per heavy atom. The summed E-state index contributed by atoms with van der Waals surface area (Å²) in [4.78, 5) is 12.0. The van der Waals surface area contributed by atoms with E-state index in [-0.39, 0.29) is 5.78 Å². The monoisotopic (exact) mass is 247 g/mol. The number of ketones is 1. The maximum atomic E-state index is 12.0. The molecule has 0 aliphatic heterocycles. The molecule has 3 nitrogen and oxygen atoms in total. The molecule has 18 heavy (non-hydrogen) atoms. The number of benzene rings is 1. The lowest BCUT2D eigenvalue weighted by Crippen LogP contribution is -2.36. The Morgan fingerprint density at radius 2 is 2.28 bits per heavy atom. The van der Waals surface area contributed by atoms with E-state index in [1.54, 1.807) is 7.11 Å². The van der Waals surface area contributed by atoms with Gasteiger partial charge >= 0.3 is 0 Å². The molecule has 2 atom stereocenters. The van der Waals surface area contributed by atoms with E-state index < -0.39 is 6.04 Å². The standard InChI is InChI=1S/C15H21NO2/c1-18-10-14(16)15(17)9-12-7-4-6-11-5-2-3-8-13(11)12/h2-3,5,8,12,14H,4,6-7,9-10,16H2,1H3. The molecule has 3 heteroatoms. The fourth-order valence-corrected chi connectivity index (χ4v) is 2.73. The molecule has 0 heterocycles. The number of rotatable bonds is 5. The van der Waals surface area contributed by atoms with Crippen LogP contribution in [0.25, 0.3) is 0 Å². The largest absolute Gasteiger partial charge is 0.383 e. The van der Waals surface area contributed by atoms with Crippen molar-refractivity contribution in [2.75, 3.05) is 13.7 Å². The van der Waals surface area contributed by atoms with E-state index in [9.17, 15) is 4.79 Å². The number of ether oxygens (including phenoxy) is 1. The van der Waals surface area contributed by atoms with E-state index in [1.165, 1.54) is 11.1 Å². The summed E-state index contributed by atoms with van der Waals surface area (Å²) in [5, 5.41) is 0. The molecule has 2 rings (SSSR count). The first-order valence-corrected chi connectivity index (χ1v) is 6.57. The maximum Gasteiger partial charge on any atom is 0.152 e. The summed E-state index contributed by atoms with van der Waals surface area (Å²) in [6, 6.07) is 7.95. The molecule has 0 saturated carbocycles. The highest BCUT2D eigenvalue weighted by Crippen LogP contribution is 2.34. The minimum atomic E-state index is -0.482. The molecule has 0 bridgehead atoms. The number of aryl methyl sites for hydroxylation is 1. The lowest BCUT2D eigenvalue weighted by Gasteiger charge is -2.25. The second-order valence-corrected chi connectivity index (χ2v) is 5.02. The fourth-order valence-electron chi connectivity index (χ4n) is 2.73. The van der Waals surface area contributed by atoms with Crippen LogP contribution in [-0.4, -0.2) is 25.5 Å². The van der Waals surface area contributed by atoms with Gasteiger partial charge in [-0.25, -0.2) is 0 Å². The Morgan fingerprint density at radius 1 is 1.50 bits per heavy atom. The molecule has 0 amide bonds. The van der Waals surface area contributed by atoms with Gasteiger partial charge < -0.3 is 10.5 Å². The SMILES string of the molecule is COCC(N)C(=O)CC1CCCc2ccccc21. The second-order valence-electron chi connectivity index (χ2n) is 5.02. The summed E-state index contributed by atoms with van der Waals surface area (Å²) in [6.07, 6.45) is 3.92. The van der Waals surface area contributed by atoms with Gasteiger partial charge in [-0.2, -0.15) is 0 Å². The number of fused-ring (bicyclic) bond motifs is 1. The molecule has 0 fully saturated rings. The molecule has 2 N–H and O–H groups in total. The molecule has 1 aromatic carbocycles. The van der Waals surface area contributed by atoms with Crippen molar-refractivity contribution >= 4 is 5.78 Å². The smallest absolute Gasteiger partial charge is 0.152 e. The number of nitrogens with two attached hydrogens (primary N) is 1. The molecule has 2 unspecified atom stereocenters. The number of carbonyl (C=O) groups is 1. The van der Waals surface area contributed by atoms with Crippen LogP contribution in [0.5, 0.6) is 0 Å². The average Bonchev–Trinajstić information content (AvgIpc) is 2.39. The van der Waals surface area contributed by atoms with Crippen LogP contribution in [-0.2, 0) is 16.0 Å². The van der Waals surface area contributed by atoms with Crippen molar-refractivity contribution in [2.45, 2.75) is 37.6 Å². The van der Waals surface area contributed by atoms with Gasteiger partial charge in [0.05, 0.1) is 12.6 Å². The van der Waals surface area contributed by atoms with Gasteiger partial charge in [0.25, 0.3) is 0 Å². The van der Waals surface area contributed by atoms with Crippen molar-refractivity contribution in [2.24, 2.45) is 5.73 Å². The number of carbonyl (C=O) groups excluding carboxylic acids is 1. The van der Waals surface area contributed by atoms with Gasteiger partial charge in [-0.15, -0.1) is 0 Å². The van der Waals surface area contributed by atoms with E-state index in [0.29, 0.717) is 18.9 Å². The number of hydrogen-bond acceptors (Lipinski definition) is 3. The Hall–Kier alpha value is -1.19. The van der Waals surface area contributed by atoms with E-state index in [2.05, 4.69) is 24.3 Å². The summed E-state index contributed by atoms with van der Waals surface area (Å²) < 4.78 is 4.94. The zero-order valence-electron chi connectivity index (χ0n) is 10.9. The normalized spacial score (nSPS) is 20.2. The van der Waals surface area contributed by atoms with E-state index in [1.807, 2.05) is 0 Å². The van der Waals surface area contributed by atoms with Gasteiger partial charge in [0.2, 0.25) is 0 Å². The topological polar surface area (TPSA) is 52.3 Å². The first kappa shape index (κ1) is 13.2. The molecule has 98 valence electrons. The van der Waals surface area contributed by atoms with Crippen molar-refractivity contribution < 1.29 is 9.53 Å². The lowest BCUT2D eigenvalue weighted by atomic mass is 9.80. The molecule has 0 spiro atoms. The van der Waals surface area contributed by atoms with Gasteiger partial charge in [-0.05, 0) is 36.3 Å². The molecular formula is C15H21NO2. The van der Waals surface area contributed by atoms with Crippen molar-refractivity contribution in [1.29, 1.82) is 0 Å². The highest BCUT2D eigenvalue weighted by Gasteiger charge is 2.24. The molecule has 1 aliphatic carbocycles. The Labute approximate surface area is 108 Å². The quantitative estimate of drug-likeness (QED) is 0.866. The molecule has 0 saturated heterocycles. The van der Waals surface area contributed by atoms with Crippen LogP contribution in [0.2, 0.25) is 0 Å². The molecule has 0 radical (unpaired) electrons. The van der Waals surface area contributed by atoms with Crippen LogP contribution in [0.3, 0.4) is 0 Å². The van der Waals surface area contributed by atoms with Gasteiger partial charge in [0, 0.05) is 13.5 Å². The third-order valence-electron chi connectivity index (χ3n) is 3.70. The predicted octanol–water partition coefficient (Wildman–Crippen LogP) is 2.04. The van der Waals surface area contributed by atoms with Gasteiger partial charge in [0.15, 0.2) is 5.78 Å². The van der Waals surface area contributed by atoms with Gasteiger partial charge in [-0.1, -0.05) is 24.3 Å². The van der Waals surface area contributed by atoms with Crippen LogP contribution in [0.1, 0.15) is 36.3 Å². The third-order valence-corrected chi connectivity index (χ3v) is 3.70. The first-order chi connectivity index (χ1) is 8.72. The molecular weight excluding hydrogens is 226 g/mol. The lowest BCUT2D eigenvalue weighted by molar-refractivity contribution is -0.121. The van der Waals surface area contributed by atoms with Crippen LogP contribution in [0.15, 0.2) is 24.3 Å². The number of Topliss-reactive ketones (excluding diaryl/α,β-unsaturated/α-hetero) is 1. The van der Waals surface area contributed by atoms with Crippen LogP contribution in [0, 0.1) is 0 Å². The van der Waals surface area contributed by atoms with Crippen LogP contribution in [0.4, 0.5) is 0 Å². The van der Waals surface area contributed by atoms with Crippen LogP contribution < -0.4 is 5.73 Å². The summed E-state index contributed by atoms with van der Waals surface area (Å²) in [6.45, 7) is 0.313. The maximum absolute atomic E-state index is 12.0. The Bertz CT molecular complexity index is 417. The Kier molecular flexibility index (Phi) is 4.50. The van der Waals surface area contributed by atoms with E-state index >= 15 is 0 Å². The van der Waals surface area contributed by atoms with Crippen LogP contribution >= 0.6 is 0 Å². The zero-order valence-corrected chi connectivity index (χ0v) is 10.9. The molecule has 1 aromatic rings. The van der Waals surface area contributed by atoms with E-state index in [4.69, 9.17) is 10.5 Å². The Balaban J connectivity index is 2.05. The number of methoxy groups -OCH3 is 1. The second kappa shape index (κ2) is 6.12. The minimum absolute atomic E-state index is 0.110. The average molecular weight is 247 g/mol. The summed E-state index contributed by atoms with van der Waals surface area (Å²) >= 11 is 0. The summed E-state index contributed by atoms with van der Waals surface area (Å²) in [7, 11) is 1.57. The summed E-state index contributed by atoms with van der Waals surface area (Å²) in [5.41, 5.74) is 8.52. The van der Waals surface area contributed by atoms with Crippen molar-refractivity contribution in [3.63, 3.8) is 0 Å². The minimum Gasteiger partial charge on any atom is -0.383 e. The first-order valence-electron chi connectivity index (χ1n) is 6.57. The van der Waals surface area contributed by atoms with Crippen molar-refractivity contribution in [3.05, 3.63) is 35.4 Å². The van der Waals surface area contributed by atoms with Gasteiger partial charge in [0.1, 0.15) is 0 Å². The van der Waals surface area contributed by atoms with Crippen molar-refractivity contribution in [3.8, 4) is 0 Å². The van der Waals surface area contributed by atoms with Gasteiger partial charge in [-0.3, -0.25) is 4.79 Å².